The van der Waals surface area contributed by atoms with Crippen LogP contribution in [0.15, 0.2) is 41.5 Å². The third kappa shape index (κ3) is 4.66. The molecule has 0 unspecified atom stereocenters. The van der Waals surface area contributed by atoms with E-state index in [1.54, 1.807) is 0 Å². The Balaban J connectivity index is 2.42. The molecule has 2 aromatic rings. The number of ether oxygens (including phenoxy) is 1. The highest BCUT2D eigenvalue weighted by Gasteiger charge is 2.32. The first-order chi connectivity index (χ1) is 13.1. The van der Waals surface area contributed by atoms with Gasteiger partial charge in [0.2, 0.25) is 0 Å². The number of esters is 1. The Morgan fingerprint density at radius 1 is 1.18 bits per heavy atom. The molecule has 0 fully saturated rings. The van der Waals surface area contributed by atoms with Crippen molar-refractivity contribution in [3.05, 3.63) is 69.9 Å². The van der Waals surface area contributed by atoms with Gasteiger partial charge in [-0.15, -0.1) is 0 Å². The first-order valence-corrected chi connectivity index (χ1v) is 7.86. The predicted octanol–water partition coefficient (Wildman–Crippen LogP) is 5.13. The lowest BCUT2D eigenvalue weighted by atomic mass is 10.0. The van der Waals surface area contributed by atoms with E-state index in [0.29, 0.717) is 5.56 Å². The number of aliphatic imine (C=N–C) groups is 1. The van der Waals surface area contributed by atoms with Gasteiger partial charge >= 0.3 is 12.1 Å². The number of alkyl halides is 3. The maximum absolute atomic E-state index is 13.9. The quantitative estimate of drug-likeness (QED) is 0.425. The fraction of sp³-hybridized carbons (Fsp3) is 0.111. The zero-order valence-corrected chi connectivity index (χ0v) is 14.9. The van der Waals surface area contributed by atoms with Gasteiger partial charge < -0.3 is 10.5 Å². The second-order valence-electron chi connectivity index (χ2n) is 5.35. The number of carbonyl (C=O) groups is 1. The van der Waals surface area contributed by atoms with Crippen molar-refractivity contribution in [2.75, 3.05) is 7.11 Å². The van der Waals surface area contributed by atoms with Crippen LogP contribution in [0.5, 0.6) is 0 Å². The second kappa shape index (κ2) is 8.39. The van der Waals surface area contributed by atoms with Crippen LogP contribution in [0.2, 0.25) is 5.02 Å². The van der Waals surface area contributed by atoms with Gasteiger partial charge in [0.1, 0.15) is 5.69 Å². The lowest BCUT2D eigenvalue weighted by Crippen LogP contribution is -2.06. The first-order valence-electron chi connectivity index (χ1n) is 7.49. The highest BCUT2D eigenvalue weighted by Crippen LogP contribution is 2.34. The van der Waals surface area contributed by atoms with Crippen molar-refractivity contribution in [1.29, 1.82) is 0 Å². The summed E-state index contributed by atoms with van der Waals surface area (Å²) in [4.78, 5) is 15.3. The number of nitrogens with two attached hydrogens (primary N) is 1. The van der Waals surface area contributed by atoms with Crippen LogP contribution in [0.25, 0.3) is 5.57 Å². The van der Waals surface area contributed by atoms with Gasteiger partial charge in [-0.25, -0.2) is 18.6 Å². The summed E-state index contributed by atoms with van der Waals surface area (Å²) in [6.45, 7) is 0. The van der Waals surface area contributed by atoms with Gasteiger partial charge in [-0.1, -0.05) is 17.7 Å². The minimum atomic E-state index is -4.90. The van der Waals surface area contributed by atoms with E-state index < -0.39 is 35.0 Å². The molecule has 0 amide bonds. The van der Waals surface area contributed by atoms with Crippen LogP contribution < -0.4 is 5.73 Å². The largest absolute Gasteiger partial charge is 0.465 e. The lowest BCUT2D eigenvalue weighted by molar-refractivity contribution is -0.137. The summed E-state index contributed by atoms with van der Waals surface area (Å²) >= 11 is 5.91. The summed E-state index contributed by atoms with van der Waals surface area (Å²) in [5.41, 5.74) is 3.54. The van der Waals surface area contributed by atoms with Gasteiger partial charge in [0.15, 0.2) is 11.6 Å². The molecule has 28 heavy (non-hydrogen) atoms. The average molecular weight is 419 g/mol. The Kier molecular flexibility index (Phi) is 6.40. The SMILES string of the molecule is COC(=O)c1cc(C(C=Nc2c(F)cc(C(F)(F)F)cc2F)=CN)ccc1Cl. The van der Waals surface area contributed by atoms with Crippen LogP contribution in [0.4, 0.5) is 27.6 Å². The van der Waals surface area contributed by atoms with Crippen molar-refractivity contribution in [3.63, 3.8) is 0 Å². The number of carbonyl (C=O) groups excluding carboxylic acids is 1. The van der Waals surface area contributed by atoms with Crippen LogP contribution in [0.3, 0.4) is 0 Å². The van der Waals surface area contributed by atoms with Crippen LogP contribution in [-0.2, 0) is 10.9 Å². The molecule has 0 bridgehead atoms. The number of nitrogens with zero attached hydrogens (tertiary/aromatic N) is 1. The van der Waals surface area contributed by atoms with Crippen LogP contribution in [-0.4, -0.2) is 19.3 Å². The first kappa shape index (κ1) is 21.4. The van der Waals surface area contributed by atoms with E-state index in [4.69, 9.17) is 17.3 Å². The van der Waals surface area contributed by atoms with Gasteiger partial charge in [-0.05, 0) is 29.8 Å². The molecule has 0 atom stereocenters. The van der Waals surface area contributed by atoms with Crippen LogP contribution in [0, 0.1) is 11.6 Å². The molecule has 148 valence electrons. The van der Waals surface area contributed by atoms with E-state index in [0.717, 1.165) is 19.5 Å². The number of hydrogen-bond donors (Lipinski definition) is 1. The normalized spacial score (nSPS) is 12.5. The van der Waals surface area contributed by atoms with Gasteiger partial charge in [0.25, 0.3) is 0 Å². The van der Waals surface area contributed by atoms with Crippen molar-refractivity contribution in [2.45, 2.75) is 6.18 Å². The zero-order valence-electron chi connectivity index (χ0n) is 14.2. The molecule has 2 rings (SSSR count). The molecular formula is C18H12ClF5N2O2. The van der Waals surface area contributed by atoms with E-state index in [2.05, 4.69) is 9.73 Å². The minimum absolute atomic E-state index is 0.0151. The molecule has 2 N–H and O–H groups in total. The second-order valence-corrected chi connectivity index (χ2v) is 5.76. The van der Waals surface area contributed by atoms with Gasteiger partial charge in [-0.3, -0.25) is 0 Å². The highest BCUT2D eigenvalue weighted by molar-refractivity contribution is 6.33. The molecular weight excluding hydrogens is 407 g/mol. The number of allylic oxidation sites excluding steroid dienone is 1. The fourth-order valence-corrected chi connectivity index (χ4v) is 2.37. The molecule has 0 aliphatic rings. The molecule has 0 radical (unpaired) electrons. The summed E-state index contributed by atoms with van der Waals surface area (Å²) in [5.74, 6) is -3.71. The Morgan fingerprint density at radius 2 is 1.79 bits per heavy atom. The Bertz CT molecular complexity index is 948. The highest BCUT2D eigenvalue weighted by atomic mass is 35.5. The summed E-state index contributed by atoms with van der Waals surface area (Å²) < 4.78 is 70.1. The van der Waals surface area contributed by atoms with E-state index in [-0.39, 0.29) is 28.3 Å². The predicted molar refractivity (Wildman–Crippen MR) is 94.5 cm³/mol. The zero-order chi connectivity index (χ0) is 21.1. The summed E-state index contributed by atoms with van der Waals surface area (Å²) in [7, 11) is 1.16. The molecule has 10 heteroatoms. The van der Waals surface area contributed by atoms with Crippen molar-refractivity contribution in [3.8, 4) is 0 Å². The topological polar surface area (TPSA) is 64.7 Å². The lowest BCUT2D eigenvalue weighted by Gasteiger charge is -2.09. The smallest absolute Gasteiger partial charge is 0.416 e. The fourth-order valence-electron chi connectivity index (χ4n) is 2.17. The number of benzene rings is 2. The van der Waals surface area contributed by atoms with Crippen molar-refractivity contribution in [2.24, 2.45) is 10.7 Å². The summed E-state index contributed by atoms with van der Waals surface area (Å²) in [6.07, 6.45) is -2.92. The standard InChI is InChI=1S/C18H12ClF5N2O2/c1-28-17(27)12-4-9(2-3-13(12)19)10(7-25)8-26-16-14(20)5-11(6-15(16)21)18(22,23)24/h2-8H,25H2,1H3. The number of hydrogen-bond acceptors (Lipinski definition) is 4. The third-order valence-corrected chi connectivity index (χ3v) is 3.89. The van der Waals surface area contributed by atoms with Gasteiger partial charge in [0, 0.05) is 18.0 Å². The average Bonchev–Trinajstić information content (AvgIpc) is 2.63. The van der Waals surface area contributed by atoms with Crippen molar-refractivity contribution >= 4 is 35.0 Å². The molecule has 0 saturated heterocycles. The Morgan fingerprint density at radius 3 is 2.29 bits per heavy atom. The number of halogens is 6. The summed E-state index contributed by atoms with van der Waals surface area (Å²) in [6, 6.07) is 4.43. The van der Waals surface area contributed by atoms with Crippen molar-refractivity contribution in [1.82, 2.24) is 0 Å². The third-order valence-electron chi connectivity index (χ3n) is 3.56. The van der Waals surface area contributed by atoms with E-state index in [9.17, 15) is 26.7 Å². The molecule has 0 spiro atoms. The molecule has 0 saturated carbocycles. The maximum atomic E-state index is 13.9. The number of methoxy groups -OCH3 is 1. The number of rotatable bonds is 4. The minimum Gasteiger partial charge on any atom is -0.465 e. The molecule has 2 aromatic carbocycles. The molecule has 0 aromatic heterocycles. The van der Waals surface area contributed by atoms with E-state index in [1.807, 2.05) is 0 Å². The Labute approximate surface area is 161 Å². The Hall–Kier alpha value is -2.94. The van der Waals surface area contributed by atoms with Gasteiger partial charge in [0.05, 0.1) is 23.3 Å². The maximum Gasteiger partial charge on any atom is 0.416 e. The van der Waals surface area contributed by atoms with Crippen LogP contribution >= 0.6 is 11.6 Å². The molecule has 4 nitrogen and oxygen atoms in total. The molecule has 0 aliphatic heterocycles. The van der Waals surface area contributed by atoms with E-state index >= 15 is 0 Å². The molecule has 0 heterocycles. The van der Waals surface area contributed by atoms with Gasteiger partial charge in [-0.2, -0.15) is 13.2 Å². The summed E-state index contributed by atoms with van der Waals surface area (Å²) in [5, 5.41) is 0.101. The van der Waals surface area contributed by atoms with Crippen LogP contribution in [0.1, 0.15) is 21.5 Å². The molecule has 0 aliphatic carbocycles. The van der Waals surface area contributed by atoms with Crippen molar-refractivity contribution < 1.29 is 31.5 Å². The van der Waals surface area contributed by atoms with E-state index in [1.165, 1.54) is 18.2 Å². The monoisotopic (exact) mass is 418 g/mol.